The van der Waals surface area contributed by atoms with Gasteiger partial charge in [-0.1, -0.05) is 30.3 Å². The van der Waals surface area contributed by atoms with Gasteiger partial charge in [0.2, 0.25) is 5.91 Å². The minimum atomic E-state index is -0.00106. The molecule has 4 heteroatoms. The number of para-hydroxylation sites is 3. The number of hydrogen-bond acceptors (Lipinski definition) is 3. The van der Waals surface area contributed by atoms with Gasteiger partial charge in [-0.3, -0.25) is 4.79 Å². The molecule has 1 atom stereocenters. The molecule has 0 bridgehead atoms. The third kappa shape index (κ3) is 3.65. The molecule has 0 aliphatic carbocycles. The van der Waals surface area contributed by atoms with Crippen LogP contribution >= 0.6 is 0 Å². The third-order valence-corrected chi connectivity index (χ3v) is 3.98. The maximum absolute atomic E-state index is 12.4. The van der Waals surface area contributed by atoms with Gasteiger partial charge in [0.05, 0.1) is 18.9 Å². The van der Waals surface area contributed by atoms with Gasteiger partial charge < -0.3 is 14.8 Å². The highest BCUT2D eigenvalue weighted by Crippen LogP contribution is 2.35. The molecular weight excluding hydrogens is 290 g/mol. The number of rotatable bonds is 5. The smallest absolute Gasteiger partial charge is 0.225 e. The van der Waals surface area contributed by atoms with E-state index in [0.717, 1.165) is 23.4 Å². The summed E-state index contributed by atoms with van der Waals surface area (Å²) in [7, 11) is 0. The van der Waals surface area contributed by atoms with Gasteiger partial charge in [-0.05, 0) is 43.0 Å². The maximum atomic E-state index is 12.4. The highest BCUT2D eigenvalue weighted by atomic mass is 16.5. The zero-order chi connectivity index (χ0) is 16.1. The summed E-state index contributed by atoms with van der Waals surface area (Å²) in [5.74, 6) is 1.79. The summed E-state index contributed by atoms with van der Waals surface area (Å²) < 4.78 is 11.2. The SMILES string of the molecule is CCOc1ccccc1NC(=O)CC1CCOc2ccccc21. The summed E-state index contributed by atoms with van der Waals surface area (Å²) in [6.07, 6.45) is 1.30. The number of carbonyl (C=O) groups is 1. The first-order chi connectivity index (χ1) is 11.3. The van der Waals surface area contributed by atoms with Gasteiger partial charge in [-0.15, -0.1) is 0 Å². The fraction of sp³-hybridized carbons (Fsp3) is 0.316. The van der Waals surface area contributed by atoms with Gasteiger partial charge in [-0.2, -0.15) is 0 Å². The number of carbonyl (C=O) groups excluding carboxylic acids is 1. The first-order valence-electron chi connectivity index (χ1n) is 8.01. The van der Waals surface area contributed by atoms with E-state index < -0.39 is 0 Å². The third-order valence-electron chi connectivity index (χ3n) is 3.98. The number of benzene rings is 2. The largest absolute Gasteiger partial charge is 0.493 e. The van der Waals surface area contributed by atoms with Crippen LogP contribution in [0.15, 0.2) is 48.5 Å². The van der Waals surface area contributed by atoms with E-state index >= 15 is 0 Å². The molecule has 1 amide bonds. The van der Waals surface area contributed by atoms with Crippen molar-refractivity contribution in [1.29, 1.82) is 0 Å². The minimum Gasteiger partial charge on any atom is -0.493 e. The molecule has 1 aliphatic heterocycles. The average Bonchev–Trinajstić information content (AvgIpc) is 2.57. The van der Waals surface area contributed by atoms with Crippen molar-refractivity contribution in [1.82, 2.24) is 0 Å². The Morgan fingerprint density at radius 2 is 2.00 bits per heavy atom. The summed E-state index contributed by atoms with van der Waals surface area (Å²) in [5, 5.41) is 2.97. The van der Waals surface area contributed by atoms with E-state index in [-0.39, 0.29) is 11.8 Å². The summed E-state index contributed by atoms with van der Waals surface area (Å²) in [6, 6.07) is 15.5. The summed E-state index contributed by atoms with van der Waals surface area (Å²) in [6.45, 7) is 3.16. The lowest BCUT2D eigenvalue weighted by Crippen LogP contribution is -2.21. The fourth-order valence-electron chi connectivity index (χ4n) is 2.90. The lowest BCUT2D eigenvalue weighted by Gasteiger charge is -2.25. The molecule has 1 N–H and O–H groups in total. The number of hydrogen-bond donors (Lipinski definition) is 1. The molecule has 120 valence electrons. The van der Waals surface area contributed by atoms with Crippen LogP contribution in [0.5, 0.6) is 11.5 Å². The molecule has 0 saturated carbocycles. The Balaban J connectivity index is 1.69. The van der Waals surface area contributed by atoms with Gasteiger partial charge in [0, 0.05) is 6.42 Å². The van der Waals surface area contributed by atoms with Gasteiger partial charge in [-0.25, -0.2) is 0 Å². The Labute approximate surface area is 136 Å². The Hall–Kier alpha value is -2.49. The first kappa shape index (κ1) is 15.4. The molecule has 1 aliphatic rings. The molecule has 0 spiro atoms. The molecule has 1 heterocycles. The van der Waals surface area contributed by atoms with Crippen LogP contribution in [0.25, 0.3) is 0 Å². The van der Waals surface area contributed by atoms with Crippen molar-refractivity contribution in [3.8, 4) is 11.5 Å². The van der Waals surface area contributed by atoms with Crippen LogP contribution in [0.1, 0.15) is 31.2 Å². The quantitative estimate of drug-likeness (QED) is 0.908. The van der Waals surface area contributed by atoms with Crippen LogP contribution < -0.4 is 14.8 Å². The Bertz CT molecular complexity index is 684. The average molecular weight is 311 g/mol. The predicted molar refractivity (Wildman–Crippen MR) is 90.2 cm³/mol. The molecule has 1 unspecified atom stereocenters. The highest BCUT2D eigenvalue weighted by molar-refractivity contribution is 5.92. The Morgan fingerprint density at radius 3 is 2.87 bits per heavy atom. The molecule has 2 aromatic rings. The normalized spacial score (nSPS) is 16.1. The summed E-state index contributed by atoms with van der Waals surface area (Å²) >= 11 is 0. The van der Waals surface area contributed by atoms with Crippen LogP contribution in [0.2, 0.25) is 0 Å². The molecule has 23 heavy (non-hydrogen) atoms. The molecule has 2 aromatic carbocycles. The van der Waals surface area contributed by atoms with Crippen molar-refractivity contribution in [3.63, 3.8) is 0 Å². The second kappa shape index (κ2) is 7.18. The fourth-order valence-corrected chi connectivity index (χ4v) is 2.90. The molecule has 4 nitrogen and oxygen atoms in total. The van der Waals surface area contributed by atoms with E-state index in [9.17, 15) is 4.79 Å². The van der Waals surface area contributed by atoms with Crippen LogP contribution in [0.3, 0.4) is 0 Å². The van der Waals surface area contributed by atoms with E-state index in [2.05, 4.69) is 5.32 Å². The topological polar surface area (TPSA) is 47.6 Å². The Morgan fingerprint density at radius 1 is 1.22 bits per heavy atom. The van der Waals surface area contributed by atoms with Crippen molar-refractivity contribution in [2.24, 2.45) is 0 Å². The standard InChI is InChI=1S/C19H21NO3/c1-2-22-18-10-6-4-8-16(18)20-19(21)13-14-11-12-23-17-9-5-3-7-15(14)17/h3-10,14H,2,11-13H2,1H3,(H,20,21). The predicted octanol–water partition coefficient (Wildman–Crippen LogP) is 3.98. The van der Waals surface area contributed by atoms with Gasteiger partial charge >= 0.3 is 0 Å². The molecule has 0 fully saturated rings. The zero-order valence-corrected chi connectivity index (χ0v) is 13.2. The minimum absolute atomic E-state index is 0.00106. The van der Waals surface area contributed by atoms with Crippen LogP contribution in [-0.2, 0) is 4.79 Å². The number of fused-ring (bicyclic) bond motifs is 1. The van der Waals surface area contributed by atoms with Gasteiger partial charge in [0.1, 0.15) is 11.5 Å². The highest BCUT2D eigenvalue weighted by Gasteiger charge is 2.23. The summed E-state index contributed by atoms with van der Waals surface area (Å²) in [5.41, 5.74) is 1.84. The monoisotopic (exact) mass is 311 g/mol. The van der Waals surface area contributed by atoms with Crippen molar-refractivity contribution in [3.05, 3.63) is 54.1 Å². The van der Waals surface area contributed by atoms with Crippen LogP contribution in [0, 0.1) is 0 Å². The maximum Gasteiger partial charge on any atom is 0.225 e. The number of ether oxygens (including phenoxy) is 2. The van der Waals surface area contributed by atoms with Crippen molar-refractivity contribution >= 4 is 11.6 Å². The van der Waals surface area contributed by atoms with Crippen molar-refractivity contribution < 1.29 is 14.3 Å². The molecule has 0 radical (unpaired) electrons. The number of amides is 1. The van der Waals surface area contributed by atoms with Gasteiger partial charge in [0.15, 0.2) is 0 Å². The van der Waals surface area contributed by atoms with E-state index in [0.29, 0.717) is 25.4 Å². The zero-order valence-electron chi connectivity index (χ0n) is 13.2. The van der Waals surface area contributed by atoms with Gasteiger partial charge in [0.25, 0.3) is 0 Å². The second-order valence-corrected chi connectivity index (χ2v) is 5.55. The first-order valence-corrected chi connectivity index (χ1v) is 8.01. The molecular formula is C19H21NO3. The lowest BCUT2D eigenvalue weighted by atomic mass is 9.90. The lowest BCUT2D eigenvalue weighted by molar-refractivity contribution is -0.116. The van der Waals surface area contributed by atoms with E-state index in [1.165, 1.54) is 0 Å². The van der Waals surface area contributed by atoms with E-state index in [4.69, 9.17) is 9.47 Å². The second-order valence-electron chi connectivity index (χ2n) is 5.55. The van der Waals surface area contributed by atoms with Crippen LogP contribution in [0.4, 0.5) is 5.69 Å². The number of anilines is 1. The molecule has 0 aromatic heterocycles. The van der Waals surface area contributed by atoms with Crippen molar-refractivity contribution in [2.75, 3.05) is 18.5 Å². The van der Waals surface area contributed by atoms with E-state index in [1.54, 1.807) is 0 Å². The van der Waals surface area contributed by atoms with Crippen molar-refractivity contribution in [2.45, 2.75) is 25.7 Å². The molecule has 3 rings (SSSR count). The summed E-state index contributed by atoms with van der Waals surface area (Å²) in [4.78, 5) is 12.4. The number of nitrogens with one attached hydrogen (secondary N) is 1. The Kier molecular flexibility index (Phi) is 4.81. The van der Waals surface area contributed by atoms with E-state index in [1.807, 2.05) is 55.5 Å². The van der Waals surface area contributed by atoms with Crippen LogP contribution in [-0.4, -0.2) is 19.1 Å². The molecule has 0 saturated heterocycles.